The third-order valence-corrected chi connectivity index (χ3v) is 9.47. The van der Waals surface area contributed by atoms with Crippen molar-refractivity contribution in [2.75, 3.05) is 13.1 Å². The molecule has 1 fully saturated rings. The Labute approximate surface area is 274 Å². The number of nitrogens with two attached hydrogens (primary N) is 2. The molecule has 0 bridgehead atoms. The van der Waals surface area contributed by atoms with Gasteiger partial charge in [0.25, 0.3) is 0 Å². The molecule has 3 atom stereocenters. The highest BCUT2D eigenvalue weighted by molar-refractivity contribution is 5.93. The van der Waals surface area contributed by atoms with Crippen LogP contribution in [-0.4, -0.2) is 52.1 Å². The van der Waals surface area contributed by atoms with Crippen molar-refractivity contribution in [3.05, 3.63) is 112 Å². The van der Waals surface area contributed by atoms with Crippen LogP contribution in [0.25, 0.3) is 17.2 Å². The summed E-state index contributed by atoms with van der Waals surface area (Å²) in [7, 11) is 0. The normalized spacial score (nSPS) is 19.3. The van der Waals surface area contributed by atoms with Gasteiger partial charge in [-0.05, 0) is 104 Å². The van der Waals surface area contributed by atoms with Crippen LogP contribution >= 0.6 is 0 Å². The summed E-state index contributed by atoms with van der Waals surface area (Å²) in [6.45, 7) is 8.67. The molecule has 0 radical (unpaired) electrons. The van der Waals surface area contributed by atoms with Gasteiger partial charge in [-0.1, -0.05) is 42.5 Å². The van der Waals surface area contributed by atoms with E-state index in [9.17, 15) is 14.9 Å². The second-order valence-electron chi connectivity index (χ2n) is 12.7. The van der Waals surface area contributed by atoms with Gasteiger partial charge in [0.15, 0.2) is 0 Å². The summed E-state index contributed by atoms with van der Waals surface area (Å²) in [6, 6.07) is 21.1. The van der Waals surface area contributed by atoms with Crippen molar-refractivity contribution in [1.29, 1.82) is 5.26 Å². The Morgan fingerprint density at radius 2 is 1.72 bits per heavy atom. The van der Waals surface area contributed by atoms with Crippen molar-refractivity contribution in [3.63, 3.8) is 0 Å². The van der Waals surface area contributed by atoms with E-state index in [-0.39, 0.29) is 18.5 Å². The maximum absolute atomic E-state index is 13.2. The lowest BCUT2D eigenvalue weighted by Gasteiger charge is -2.36. The zero-order chi connectivity index (χ0) is 33.3. The second kappa shape index (κ2) is 12.9. The van der Waals surface area contributed by atoms with E-state index in [1.807, 2.05) is 56.3 Å². The first-order valence-corrected chi connectivity index (χ1v) is 16.0. The molecule has 0 saturated carbocycles. The van der Waals surface area contributed by atoms with Crippen molar-refractivity contribution in [2.24, 2.45) is 11.5 Å². The number of benzene rings is 3. The maximum Gasteiger partial charge on any atom is 0.248 e. The minimum Gasteiger partial charge on any atom is -0.419 e. The third-order valence-electron chi connectivity index (χ3n) is 9.47. The third kappa shape index (κ3) is 6.02. The summed E-state index contributed by atoms with van der Waals surface area (Å²) in [6.07, 6.45) is 3.25. The number of carbonyl (C=O) groups excluding carboxylic acids is 2. The summed E-state index contributed by atoms with van der Waals surface area (Å²) < 4.78 is 6.62. The van der Waals surface area contributed by atoms with Crippen molar-refractivity contribution in [1.82, 2.24) is 20.4 Å². The molecule has 2 amide bonds. The van der Waals surface area contributed by atoms with E-state index in [1.54, 1.807) is 11.0 Å². The zero-order valence-electron chi connectivity index (χ0n) is 26.8. The number of nitrogens with one attached hydrogen (secondary N) is 1. The topological polar surface area (TPSA) is 164 Å². The predicted octanol–water partition coefficient (Wildman–Crippen LogP) is 4.39. The molecule has 2 unspecified atom stereocenters. The Morgan fingerprint density at radius 1 is 1.06 bits per heavy atom. The number of aryl methyl sites for hydroxylation is 3. The highest BCUT2D eigenvalue weighted by Gasteiger charge is 2.47. The summed E-state index contributed by atoms with van der Waals surface area (Å²) in [4.78, 5) is 27.2. The molecular weight excluding hydrogens is 590 g/mol. The Balaban J connectivity index is 1.49. The van der Waals surface area contributed by atoms with Gasteiger partial charge in [-0.25, -0.2) is 0 Å². The van der Waals surface area contributed by atoms with Crippen molar-refractivity contribution >= 4 is 17.5 Å². The molecule has 2 aliphatic rings. The summed E-state index contributed by atoms with van der Waals surface area (Å²) in [5.74, 6) is 0.174. The maximum atomic E-state index is 13.2. The van der Waals surface area contributed by atoms with Crippen molar-refractivity contribution < 1.29 is 14.0 Å². The number of amides is 2. The van der Waals surface area contributed by atoms with E-state index >= 15 is 0 Å². The minimum absolute atomic E-state index is 0.0835. The summed E-state index contributed by atoms with van der Waals surface area (Å²) >= 11 is 0. The lowest BCUT2D eigenvalue weighted by molar-refractivity contribution is -0.130. The zero-order valence-corrected chi connectivity index (χ0v) is 26.8. The molecule has 240 valence electrons. The van der Waals surface area contributed by atoms with Crippen LogP contribution in [0, 0.1) is 18.3 Å². The van der Waals surface area contributed by atoms with Crippen LogP contribution in [-0.2, 0) is 23.1 Å². The minimum atomic E-state index is -0.972. The van der Waals surface area contributed by atoms with Gasteiger partial charge in [0.2, 0.25) is 23.6 Å². The van der Waals surface area contributed by atoms with Gasteiger partial charge in [-0.3, -0.25) is 9.59 Å². The van der Waals surface area contributed by atoms with Crippen LogP contribution in [0.3, 0.4) is 0 Å². The number of fused-ring (bicyclic) bond motifs is 2. The van der Waals surface area contributed by atoms with E-state index in [0.717, 1.165) is 45.4 Å². The van der Waals surface area contributed by atoms with E-state index in [1.165, 1.54) is 0 Å². The Hall–Kier alpha value is -5.27. The molecule has 1 saturated heterocycles. The monoisotopic (exact) mass is 629 g/mol. The molecule has 1 aromatic heterocycles. The van der Waals surface area contributed by atoms with Gasteiger partial charge in [-0.2, -0.15) is 5.26 Å². The molecule has 10 nitrogen and oxygen atoms in total. The van der Waals surface area contributed by atoms with E-state index in [2.05, 4.69) is 35.2 Å². The van der Waals surface area contributed by atoms with Crippen LogP contribution in [0.4, 0.5) is 0 Å². The van der Waals surface area contributed by atoms with E-state index < -0.39 is 17.4 Å². The van der Waals surface area contributed by atoms with Gasteiger partial charge in [0.05, 0.1) is 12.6 Å². The number of carbonyl (C=O) groups is 2. The number of likely N-dealkylation sites (tertiary alicyclic amines) is 1. The smallest absolute Gasteiger partial charge is 0.248 e. The van der Waals surface area contributed by atoms with Gasteiger partial charge in [0, 0.05) is 29.4 Å². The molecule has 2 heterocycles. The quantitative estimate of drug-likeness (QED) is 0.245. The SMILES string of the molecule is C=C(N)c1ccc2c(c1)CCc1cc(C(N)=O)ccc1C2(C[C@H](C)NCC(=O)N1CCCC1C#N)c1nnc(-c2ccc(C)cc2)o1. The van der Waals surface area contributed by atoms with Gasteiger partial charge in [-0.15, -0.1) is 10.2 Å². The van der Waals surface area contributed by atoms with Gasteiger partial charge >= 0.3 is 0 Å². The second-order valence-corrected chi connectivity index (χ2v) is 12.7. The highest BCUT2D eigenvalue weighted by atomic mass is 16.4. The average molecular weight is 630 g/mol. The molecule has 5 N–H and O–H groups in total. The van der Waals surface area contributed by atoms with Gasteiger partial charge < -0.3 is 26.1 Å². The molecule has 10 heteroatoms. The molecule has 1 aliphatic carbocycles. The fourth-order valence-corrected chi connectivity index (χ4v) is 7.04. The molecular formula is C37H39N7O3. The number of hydrogen-bond acceptors (Lipinski definition) is 8. The lowest BCUT2D eigenvalue weighted by Crippen LogP contribution is -2.45. The summed E-state index contributed by atoms with van der Waals surface area (Å²) in [5.41, 5.74) is 18.4. The first-order valence-electron chi connectivity index (χ1n) is 16.0. The standard InChI is InChI=1S/C37H39N7O3/c1-22-6-8-25(9-7-22)35-42-43-36(47-35)37(19-23(2)41-21-33(45)44-16-4-5-30(44)20-38)31-14-12-26(24(3)39)17-27(31)10-11-28-18-29(34(40)46)13-15-32(28)37/h6-9,12-15,17-18,23,30,41H,3-5,10-11,16,19,21,39H2,1-2H3,(H2,40,46)/t23-,30?,37?/m0/s1. The first kappa shape index (κ1) is 31.7. The predicted molar refractivity (Wildman–Crippen MR) is 179 cm³/mol. The highest BCUT2D eigenvalue weighted by Crippen LogP contribution is 2.48. The molecule has 6 rings (SSSR count). The molecule has 47 heavy (non-hydrogen) atoms. The van der Waals surface area contributed by atoms with Gasteiger partial charge in [0.1, 0.15) is 11.5 Å². The Kier molecular flexibility index (Phi) is 8.67. The fraction of sp³-hybridized carbons (Fsp3) is 0.324. The number of hydrogen-bond donors (Lipinski definition) is 3. The molecule has 1 aliphatic heterocycles. The van der Waals surface area contributed by atoms with Crippen molar-refractivity contribution in [3.8, 4) is 17.5 Å². The number of aromatic nitrogens is 2. The van der Waals surface area contributed by atoms with Crippen LogP contribution in [0.5, 0.6) is 0 Å². The number of nitrogens with zero attached hydrogens (tertiary/aromatic N) is 4. The molecule has 3 aromatic carbocycles. The van der Waals surface area contributed by atoms with E-state index in [4.69, 9.17) is 21.0 Å². The van der Waals surface area contributed by atoms with Crippen LogP contribution in [0.1, 0.15) is 75.8 Å². The fourth-order valence-electron chi connectivity index (χ4n) is 7.04. The van der Waals surface area contributed by atoms with Crippen LogP contribution < -0.4 is 16.8 Å². The number of primary amides is 1. The van der Waals surface area contributed by atoms with Crippen LogP contribution in [0.15, 0.2) is 71.7 Å². The number of nitriles is 1. The van der Waals surface area contributed by atoms with Crippen molar-refractivity contribution in [2.45, 2.75) is 63.5 Å². The average Bonchev–Trinajstić information content (AvgIpc) is 3.74. The Bertz CT molecular complexity index is 1820. The molecule has 4 aromatic rings. The Morgan fingerprint density at radius 3 is 2.36 bits per heavy atom. The molecule has 0 spiro atoms. The first-order chi connectivity index (χ1) is 22.6. The summed E-state index contributed by atoms with van der Waals surface area (Å²) in [5, 5.41) is 22.2. The largest absolute Gasteiger partial charge is 0.419 e. The van der Waals surface area contributed by atoms with E-state index in [0.29, 0.717) is 55.3 Å². The lowest BCUT2D eigenvalue weighted by atomic mass is 9.68. The number of rotatable bonds is 9. The van der Waals surface area contributed by atoms with Crippen LogP contribution in [0.2, 0.25) is 0 Å².